The van der Waals surface area contributed by atoms with Crippen LogP contribution in [0.25, 0.3) is 0 Å². The number of rotatable bonds is 3. The molecule has 1 aliphatic rings. The predicted molar refractivity (Wildman–Crippen MR) is 62.1 cm³/mol. The minimum atomic E-state index is 0.431. The predicted octanol–water partition coefficient (Wildman–Crippen LogP) is 2.19. The van der Waals surface area contributed by atoms with Gasteiger partial charge in [0.1, 0.15) is 19.0 Å². The van der Waals surface area contributed by atoms with Gasteiger partial charge in [-0.1, -0.05) is 21.1 Å². The van der Waals surface area contributed by atoms with E-state index in [9.17, 15) is 0 Å². The lowest BCUT2D eigenvalue weighted by Gasteiger charge is -2.08. The Bertz CT molecular complexity index is 393. The Morgan fingerprint density at radius 1 is 1.53 bits per heavy atom. The molecular weight excluding hydrogens is 260 g/mol. The van der Waals surface area contributed by atoms with E-state index in [2.05, 4.69) is 21.1 Å². The molecule has 2 rings (SSSR count). The second-order valence-electron chi connectivity index (χ2n) is 3.21. The van der Waals surface area contributed by atoms with Gasteiger partial charge in [-0.15, -0.1) is 0 Å². The van der Waals surface area contributed by atoms with Crippen molar-refractivity contribution in [2.75, 3.05) is 18.9 Å². The number of anilines is 1. The minimum Gasteiger partial charge on any atom is -0.485 e. The summed E-state index contributed by atoms with van der Waals surface area (Å²) in [6, 6.07) is 5.51. The van der Waals surface area contributed by atoms with Crippen molar-refractivity contribution in [2.24, 2.45) is 5.16 Å². The van der Waals surface area contributed by atoms with Crippen molar-refractivity contribution >= 4 is 27.3 Å². The van der Waals surface area contributed by atoms with Crippen molar-refractivity contribution in [3.63, 3.8) is 0 Å². The number of nitrogens with zero attached hydrogens (tertiary/aromatic N) is 1. The molecular formula is C10H11BrN2O2. The molecule has 0 spiro atoms. The molecule has 5 heteroatoms. The highest BCUT2D eigenvalue weighted by atomic mass is 79.9. The van der Waals surface area contributed by atoms with E-state index in [1.807, 2.05) is 12.1 Å². The van der Waals surface area contributed by atoms with Crippen molar-refractivity contribution in [1.29, 1.82) is 0 Å². The Kier molecular flexibility index (Phi) is 3.11. The molecule has 0 saturated carbocycles. The first-order valence-electron chi connectivity index (χ1n) is 4.61. The molecule has 0 aliphatic carbocycles. The summed E-state index contributed by atoms with van der Waals surface area (Å²) in [7, 11) is 0. The zero-order chi connectivity index (χ0) is 10.7. The lowest BCUT2D eigenvalue weighted by Crippen LogP contribution is -2.10. The summed E-state index contributed by atoms with van der Waals surface area (Å²) in [6.07, 6.45) is 0.827. The van der Waals surface area contributed by atoms with Gasteiger partial charge in [-0.05, 0) is 18.2 Å². The monoisotopic (exact) mass is 270 g/mol. The third kappa shape index (κ3) is 2.62. The molecule has 0 aromatic heterocycles. The fourth-order valence-electron chi connectivity index (χ4n) is 1.24. The van der Waals surface area contributed by atoms with Crippen LogP contribution in [0.3, 0.4) is 0 Å². The summed E-state index contributed by atoms with van der Waals surface area (Å²) in [5.41, 5.74) is 7.29. The van der Waals surface area contributed by atoms with Gasteiger partial charge >= 0.3 is 0 Å². The number of hydrogen-bond acceptors (Lipinski definition) is 4. The average Bonchev–Trinajstić information content (AvgIpc) is 2.72. The molecule has 0 fully saturated rings. The Balaban J connectivity index is 2.00. The molecule has 2 N–H and O–H groups in total. The van der Waals surface area contributed by atoms with Gasteiger partial charge in [-0.25, -0.2) is 0 Å². The van der Waals surface area contributed by atoms with Crippen LogP contribution in [0.15, 0.2) is 27.8 Å². The van der Waals surface area contributed by atoms with E-state index in [1.54, 1.807) is 6.07 Å². The Morgan fingerprint density at radius 2 is 2.40 bits per heavy atom. The van der Waals surface area contributed by atoms with Crippen molar-refractivity contribution in [3.8, 4) is 5.75 Å². The highest BCUT2D eigenvalue weighted by molar-refractivity contribution is 9.10. The molecule has 1 aromatic carbocycles. The second-order valence-corrected chi connectivity index (χ2v) is 4.13. The van der Waals surface area contributed by atoms with Gasteiger partial charge in [0.25, 0.3) is 0 Å². The van der Waals surface area contributed by atoms with Crippen LogP contribution < -0.4 is 10.5 Å². The number of oxime groups is 1. The van der Waals surface area contributed by atoms with E-state index >= 15 is 0 Å². The van der Waals surface area contributed by atoms with Gasteiger partial charge in [0.2, 0.25) is 0 Å². The van der Waals surface area contributed by atoms with Crippen molar-refractivity contribution in [2.45, 2.75) is 6.42 Å². The van der Waals surface area contributed by atoms with Gasteiger partial charge < -0.3 is 15.3 Å². The van der Waals surface area contributed by atoms with Gasteiger partial charge in [0, 0.05) is 10.9 Å². The molecule has 1 aromatic rings. The molecule has 0 bridgehead atoms. The van der Waals surface area contributed by atoms with Crippen LogP contribution in [0.1, 0.15) is 6.42 Å². The molecule has 0 radical (unpaired) electrons. The first-order chi connectivity index (χ1) is 7.25. The van der Waals surface area contributed by atoms with E-state index in [0.29, 0.717) is 24.7 Å². The molecule has 80 valence electrons. The van der Waals surface area contributed by atoms with Gasteiger partial charge in [0.05, 0.1) is 11.4 Å². The summed E-state index contributed by atoms with van der Waals surface area (Å²) in [5, 5.41) is 3.84. The Hall–Kier alpha value is -1.23. The SMILES string of the molecule is Nc1ccc(Br)cc1OCC1=NOCC1. The summed E-state index contributed by atoms with van der Waals surface area (Å²) in [5.74, 6) is 0.666. The lowest BCUT2D eigenvalue weighted by atomic mass is 10.3. The van der Waals surface area contributed by atoms with Gasteiger partial charge in [-0.2, -0.15) is 0 Å². The van der Waals surface area contributed by atoms with E-state index in [1.165, 1.54) is 0 Å². The van der Waals surface area contributed by atoms with Crippen LogP contribution in [0.2, 0.25) is 0 Å². The highest BCUT2D eigenvalue weighted by Gasteiger charge is 2.09. The standard InChI is InChI=1S/C10H11BrN2O2/c11-7-1-2-9(12)10(5-7)14-6-8-3-4-15-13-8/h1-2,5H,3-4,6,12H2. The molecule has 1 heterocycles. The first-order valence-corrected chi connectivity index (χ1v) is 5.40. The maximum absolute atomic E-state index is 5.76. The largest absolute Gasteiger partial charge is 0.485 e. The van der Waals surface area contributed by atoms with E-state index in [0.717, 1.165) is 16.6 Å². The number of hydrogen-bond donors (Lipinski definition) is 1. The van der Waals surface area contributed by atoms with Crippen molar-refractivity contribution in [1.82, 2.24) is 0 Å². The van der Waals surface area contributed by atoms with Crippen molar-refractivity contribution in [3.05, 3.63) is 22.7 Å². The van der Waals surface area contributed by atoms with Crippen molar-refractivity contribution < 1.29 is 9.57 Å². The summed E-state index contributed by atoms with van der Waals surface area (Å²) >= 11 is 3.36. The maximum Gasteiger partial charge on any atom is 0.143 e. The molecule has 0 atom stereocenters. The zero-order valence-corrected chi connectivity index (χ0v) is 9.66. The minimum absolute atomic E-state index is 0.431. The summed E-state index contributed by atoms with van der Waals surface area (Å²) < 4.78 is 6.48. The Morgan fingerprint density at radius 3 is 3.13 bits per heavy atom. The number of nitrogen functional groups attached to an aromatic ring is 1. The summed E-state index contributed by atoms with van der Waals surface area (Å²) in [4.78, 5) is 4.87. The van der Waals surface area contributed by atoms with Crippen LogP contribution >= 0.6 is 15.9 Å². The lowest BCUT2D eigenvalue weighted by molar-refractivity contribution is 0.173. The van der Waals surface area contributed by atoms with Gasteiger partial charge in [-0.3, -0.25) is 0 Å². The molecule has 0 amide bonds. The van der Waals surface area contributed by atoms with E-state index in [4.69, 9.17) is 15.3 Å². The Labute approximate surface area is 96.2 Å². The number of ether oxygens (including phenoxy) is 1. The van der Waals surface area contributed by atoms with Crippen LogP contribution in [0.4, 0.5) is 5.69 Å². The second kappa shape index (κ2) is 4.53. The molecule has 0 unspecified atom stereocenters. The topological polar surface area (TPSA) is 56.8 Å². The quantitative estimate of drug-likeness (QED) is 0.857. The maximum atomic E-state index is 5.76. The van der Waals surface area contributed by atoms with Crippen LogP contribution in [0.5, 0.6) is 5.75 Å². The normalized spacial score (nSPS) is 14.6. The fraction of sp³-hybridized carbons (Fsp3) is 0.300. The number of benzene rings is 1. The summed E-state index contributed by atoms with van der Waals surface area (Å²) in [6.45, 7) is 1.08. The molecule has 15 heavy (non-hydrogen) atoms. The van der Waals surface area contributed by atoms with E-state index in [-0.39, 0.29) is 0 Å². The van der Waals surface area contributed by atoms with Crippen LogP contribution in [0, 0.1) is 0 Å². The molecule has 4 nitrogen and oxygen atoms in total. The van der Waals surface area contributed by atoms with Crippen LogP contribution in [-0.2, 0) is 4.84 Å². The molecule has 1 aliphatic heterocycles. The number of nitrogens with two attached hydrogens (primary N) is 1. The van der Waals surface area contributed by atoms with Gasteiger partial charge in [0.15, 0.2) is 0 Å². The first kappa shape index (κ1) is 10.3. The third-order valence-electron chi connectivity index (χ3n) is 2.05. The zero-order valence-electron chi connectivity index (χ0n) is 8.07. The van der Waals surface area contributed by atoms with Crippen LogP contribution in [-0.4, -0.2) is 18.9 Å². The van der Waals surface area contributed by atoms with E-state index < -0.39 is 0 Å². The fourth-order valence-corrected chi connectivity index (χ4v) is 1.58. The molecule has 0 saturated heterocycles. The smallest absolute Gasteiger partial charge is 0.143 e. The highest BCUT2D eigenvalue weighted by Crippen LogP contribution is 2.25. The average molecular weight is 271 g/mol. The number of halogens is 1. The third-order valence-corrected chi connectivity index (χ3v) is 2.54.